The lowest BCUT2D eigenvalue weighted by molar-refractivity contribution is -0.118. The number of amides is 1. The predicted octanol–water partition coefficient (Wildman–Crippen LogP) is 1.23. The van der Waals surface area contributed by atoms with Gasteiger partial charge in [-0.05, 0) is 19.3 Å². The van der Waals surface area contributed by atoms with Crippen molar-refractivity contribution in [3.05, 3.63) is 6.33 Å². The van der Waals surface area contributed by atoms with E-state index in [0.29, 0.717) is 11.8 Å². The molecule has 1 aliphatic rings. The molecule has 1 saturated carbocycles. The number of rotatable bonds is 6. The zero-order chi connectivity index (χ0) is 11.4. The van der Waals surface area contributed by atoms with Gasteiger partial charge in [-0.1, -0.05) is 18.7 Å². The van der Waals surface area contributed by atoms with Gasteiger partial charge in [-0.25, -0.2) is 0 Å². The maximum Gasteiger partial charge on any atom is 0.230 e. The molecule has 0 saturated heterocycles. The summed E-state index contributed by atoms with van der Waals surface area (Å²) in [5.74, 6) is 0.489. The van der Waals surface area contributed by atoms with Crippen LogP contribution in [0.25, 0.3) is 0 Å². The summed E-state index contributed by atoms with van der Waals surface area (Å²) in [6, 6.07) is 0.566. The van der Waals surface area contributed by atoms with Gasteiger partial charge in [0.15, 0.2) is 5.16 Å². The Morgan fingerprint density at radius 1 is 1.69 bits per heavy atom. The number of hydrogen-bond donors (Lipinski definition) is 1. The summed E-state index contributed by atoms with van der Waals surface area (Å²) in [6.07, 6.45) is 5.12. The first-order chi connectivity index (χ1) is 7.81. The molecule has 1 aromatic heterocycles. The van der Waals surface area contributed by atoms with Crippen LogP contribution < -0.4 is 5.32 Å². The Bertz CT molecular complexity index is 361. The molecule has 1 aliphatic carbocycles. The van der Waals surface area contributed by atoms with Crippen molar-refractivity contribution >= 4 is 17.7 Å². The molecule has 1 heterocycles. The standard InChI is InChI=1S/C10H16N4OS/c1-2-5-11-9(15)6-16-10-13-12-7-14(10)8-3-4-8/h7-8H,2-6H2,1H3,(H,11,15). The van der Waals surface area contributed by atoms with Gasteiger partial charge in [0, 0.05) is 12.6 Å². The molecule has 0 aliphatic heterocycles. The van der Waals surface area contributed by atoms with Crippen LogP contribution in [0.5, 0.6) is 0 Å². The predicted molar refractivity (Wildman–Crippen MR) is 62.3 cm³/mol. The first-order valence-electron chi connectivity index (χ1n) is 5.60. The molecule has 6 heteroatoms. The summed E-state index contributed by atoms with van der Waals surface area (Å²) in [6.45, 7) is 2.78. The molecule has 0 bridgehead atoms. The molecule has 2 rings (SSSR count). The van der Waals surface area contributed by atoms with Crippen LogP contribution in [0.4, 0.5) is 0 Å². The van der Waals surface area contributed by atoms with Gasteiger partial charge in [-0.2, -0.15) is 0 Å². The van der Waals surface area contributed by atoms with Gasteiger partial charge in [-0.3, -0.25) is 4.79 Å². The SMILES string of the molecule is CCCNC(=O)CSc1nncn1C1CC1. The number of nitrogens with one attached hydrogen (secondary N) is 1. The van der Waals surface area contributed by atoms with Gasteiger partial charge < -0.3 is 9.88 Å². The molecule has 1 aromatic rings. The number of carbonyl (C=O) groups excluding carboxylic acids is 1. The molecule has 0 atom stereocenters. The van der Waals surface area contributed by atoms with E-state index in [0.717, 1.165) is 18.1 Å². The van der Waals surface area contributed by atoms with Crippen molar-refractivity contribution in [2.75, 3.05) is 12.3 Å². The molecular formula is C10H16N4OS. The van der Waals surface area contributed by atoms with E-state index in [1.807, 2.05) is 6.92 Å². The zero-order valence-corrected chi connectivity index (χ0v) is 10.2. The number of nitrogens with zero attached hydrogens (tertiary/aromatic N) is 3. The van der Waals surface area contributed by atoms with Gasteiger partial charge in [0.25, 0.3) is 0 Å². The van der Waals surface area contributed by atoms with Crippen LogP contribution in [0.2, 0.25) is 0 Å². The average Bonchev–Trinajstić information content (AvgIpc) is 3.03. The highest BCUT2D eigenvalue weighted by Gasteiger charge is 2.26. The van der Waals surface area contributed by atoms with Crippen molar-refractivity contribution in [2.45, 2.75) is 37.4 Å². The summed E-state index contributed by atoms with van der Waals surface area (Å²) < 4.78 is 2.07. The Labute approximate surface area is 99.0 Å². The Hall–Kier alpha value is -1.04. The van der Waals surface area contributed by atoms with E-state index in [1.165, 1.54) is 24.6 Å². The highest BCUT2D eigenvalue weighted by Crippen LogP contribution is 2.37. The average molecular weight is 240 g/mol. The lowest BCUT2D eigenvalue weighted by Crippen LogP contribution is -2.25. The third-order valence-electron chi connectivity index (χ3n) is 2.39. The van der Waals surface area contributed by atoms with E-state index in [1.54, 1.807) is 6.33 Å². The van der Waals surface area contributed by atoms with Gasteiger partial charge in [0.2, 0.25) is 5.91 Å². The Morgan fingerprint density at radius 3 is 3.19 bits per heavy atom. The van der Waals surface area contributed by atoms with Crippen LogP contribution >= 0.6 is 11.8 Å². The normalized spacial score (nSPS) is 15.1. The molecule has 5 nitrogen and oxygen atoms in total. The monoisotopic (exact) mass is 240 g/mol. The van der Waals surface area contributed by atoms with Crippen molar-refractivity contribution in [3.63, 3.8) is 0 Å². The Morgan fingerprint density at radius 2 is 2.50 bits per heavy atom. The van der Waals surface area contributed by atoms with E-state index in [-0.39, 0.29) is 5.91 Å². The van der Waals surface area contributed by atoms with E-state index in [2.05, 4.69) is 20.1 Å². The molecular weight excluding hydrogens is 224 g/mol. The van der Waals surface area contributed by atoms with Crippen molar-refractivity contribution in [1.82, 2.24) is 20.1 Å². The topological polar surface area (TPSA) is 59.8 Å². The molecule has 0 unspecified atom stereocenters. The lowest BCUT2D eigenvalue weighted by Gasteiger charge is -2.04. The molecule has 16 heavy (non-hydrogen) atoms. The third-order valence-corrected chi connectivity index (χ3v) is 3.34. The number of carbonyl (C=O) groups is 1. The molecule has 1 N–H and O–H groups in total. The quantitative estimate of drug-likeness (QED) is 0.760. The maximum atomic E-state index is 11.4. The molecule has 0 aromatic carbocycles. The zero-order valence-electron chi connectivity index (χ0n) is 9.35. The van der Waals surface area contributed by atoms with Gasteiger partial charge >= 0.3 is 0 Å². The highest BCUT2D eigenvalue weighted by atomic mass is 32.2. The van der Waals surface area contributed by atoms with Crippen LogP contribution in [0, 0.1) is 0 Å². The second-order valence-corrected chi connectivity index (χ2v) is 4.83. The van der Waals surface area contributed by atoms with Gasteiger partial charge in [0.1, 0.15) is 6.33 Å². The summed E-state index contributed by atoms with van der Waals surface area (Å²) in [7, 11) is 0. The minimum Gasteiger partial charge on any atom is -0.355 e. The second-order valence-electron chi connectivity index (χ2n) is 3.89. The largest absolute Gasteiger partial charge is 0.355 e. The summed E-state index contributed by atoms with van der Waals surface area (Å²) in [5, 5.41) is 11.6. The smallest absolute Gasteiger partial charge is 0.230 e. The van der Waals surface area contributed by atoms with Crippen LogP contribution in [-0.2, 0) is 4.79 Å². The molecule has 0 spiro atoms. The van der Waals surface area contributed by atoms with E-state index in [4.69, 9.17) is 0 Å². The van der Waals surface area contributed by atoms with Crippen LogP contribution in [0.3, 0.4) is 0 Å². The fourth-order valence-electron chi connectivity index (χ4n) is 1.38. The van der Waals surface area contributed by atoms with Crippen LogP contribution in [0.15, 0.2) is 11.5 Å². The minimum atomic E-state index is 0.0668. The van der Waals surface area contributed by atoms with Crippen LogP contribution in [0.1, 0.15) is 32.2 Å². The van der Waals surface area contributed by atoms with E-state index < -0.39 is 0 Å². The maximum absolute atomic E-state index is 11.4. The minimum absolute atomic E-state index is 0.0668. The van der Waals surface area contributed by atoms with Gasteiger partial charge in [-0.15, -0.1) is 10.2 Å². The summed E-state index contributed by atoms with van der Waals surface area (Å²) in [4.78, 5) is 11.4. The van der Waals surface area contributed by atoms with Crippen LogP contribution in [-0.4, -0.2) is 33.0 Å². The van der Waals surface area contributed by atoms with Crippen molar-refractivity contribution in [3.8, 4) is 0 Å². The van der Waals surface area contributed by atoms with Crippen molar-refractivity contribution in [1.29, 1.82) is 0 Å². The number of aromatic nitrogens is 3. The van der Waals surface area contributed by atoms with Crippen molar-refractivity contribution in [2.24, 2.45) is 0 Å². The number of hydrogen-bond acceptors (Lipinski definition) is 4. The Kier molecular flexibility index (Phi) is 3.82. The summed E-state index contributed by atoms with van der Waals surface area (Å²) >= 11 is 1.46. The number of thioether (sulfide) groups is 1. The first-order valence-corrected chi connectivity index (χ1v) is 6.59. The molecule has 1 fully saturated rings. The fraction of sp³-hybridized carbons (Fsp3) is 0.700. The second kappa shape index (κ2) is 5.34. The molecule has 1 amide bonds. The van der Waals surface area contributed by atoms with Crippen molar-refractivity contribution < 1.29 is 4.79 Å². The van der Waals surface area contributed by atoms with E-state index >= 15 is 0 Å². The van der Waals surface area contributed by atoms with E-state index in [9.17, 15) is 4.79 Å². The Balaban J connectivity index is 1.80. The van der Waals surface area contributed by atoms with Gasteiger partial charge in [0.05, 0.1) is 5.75 Å². The molecule has 88 valence electrons. The third kappa shape index (κ3) is 2.98. The highest BCUT2D eigenvalue weighted by molar-refractivity contribution is 7.99. The first kappa shape index (κ1) is 11.4. The lowest BCUT2D eigenvalue weighted by atomic mass is 10.5. The fourth-order valence-corrected chi connectivity index (χ4v) is 2.20. The molecule has 0 radical (unpaired) electrons. The summed E-state index contributed by atoms with van der Waals surface area (Å²) in [5.41, 5.74) is 0.